The molecule has 162 valence electrons. The smallest absolute Gasteiger partial charge is 0.200 e. The maximum atomic E-state index is 14.2. The molecule has 0 atom stereocenters. The third-order valence-corrected chi connectivity index (χ3v) is 5.64. The predicted molar refractivity (Wildman–Crippen MR) is 87.3 cm³/mol. The molecule has 0 radical (unpaired) electrons. The van der Waals surface area contributed by atoms with E-state index in [1.54, 1.807) is 18.7 Å². The number of rotatable bonds is 5. The molecule has 0 aromatic heterocycles. The average molecular weight is 462 g/mol. The van der Waals surface area contributed by atoms with Gasteiger partial charge < -0.3 is 4.74 Å². The Morgan fingerprint density at radius 2 is 0.933 bits per heavy atom. The zero-order valence-corrected chi connectivity index (χ0v) is 15.7. The highest BCUT2D eigenvalue weighted by atomic mass is 31.1. The van der Waals surface area contributed by atoms with Gasteiger partial charge in [0.1, 0.15) is 12.7 Å². The quantitative estimate of drug-likeness (QED) is 0.147. The van der Waals surface area contributed by atoms with Gasteiger partial charge in [0.2, 0.25) is 11.6 Å². The van der Waals surface area contributed by atoms with Gasteiger partial charge in [0.15, 0.2) is 46.5 Å². The Labute approximate surface area is 164 Å². The third-order valence-electron chi connectivity index (χ3n) is 3.65. The molecular weight excluding hydrogens is 453 g/mol. The molecule has 0 heterocycles. The van der Waals surface area contributed by atoms with Crippen LogP contribution in [0.4, 0.5) is 43.9 Å². The topological polar surface area (TPSA) is 9.23 Å². The van der Waals surface area contributed by atoms with Crippen LogP contribution < -0.4 is 10.6 Å². The lowest BCUT2D eigenvalue weighted by atomic mass is 10.3. The Hall–Kier alpha value is -2.47. The van der Waals surface area contributed by atoms with E-state index in [4.69, 9.17) is 4.74 Å². The normalized spacial score (nSPS) is 10.9. The van der Waals surface area contributed by atoms with Crippen molar-refractivity contribution in [2.45, 2.75) is 19.8 Å². The van der Waals surface area contributed by atoms with Crippen LogP contribution in [-0.2, 0) is 4.74 Å². The Morgan fingerprint density at radius 1 is 0.600 bits per heavy atom. The van der Waals surface area contributed by atoms with Crippen LogP contribution in [0.2, 0.25) is 0 Å². The SMILES string of the molecule is CCCCOC#CP(c1c(F)c(F)c(F)c(F)c1F)c1c(F)c(F)c(F)c(F)c1F. The lowest BCUT2D eigenvalue weighted by Gasteiger charge is -2.17. The molecule has 0 bridgehead atoms. The van der Waals surface area contributed by atoms with E-state index in [2.05, 4.69) is 0 Å². The van der Waals surface area contributed by atoms with E-state index in [1.165, 1.54) is 0 Å². The van der Waals surface area contributed by atoms with Crippen LogP contribution in [0.1, 0.15) is 19.8 Å². The number of unbranched alkanes of at least 4 members (excludes halogenated alkanes) is 1. The van der Waals surface area contributed by atoms with Crippen molar-refractivity contribution in [2.75, 3.05) is 6.61 Å². The van der Waals surface area contributed by atoms with Crippen molar-refractivity contribution in [3.63, 3.8) is 0 Å². The summed E-state index contributed by atoms with van der Waals surface area (Å²) in [6.07, 6.45) is 2.79. The zero-order chi connectivity index (χ0) is 22.7. The molecule has 0 fully saturated rings. The van der Waals surface area contributed by atoms with Crippen molar-refractivity contribution in [1.82, 2.24) is 0 Å². The number of hydrogen-bond donors (Lipinski definition) is 0. The molecule has 0 spiro atoms. The second-order valence-electron chi connectivity index (χ2n) is 5.59. The van der Waals surface area contributed by atoms with E-state index in [-0.39, 0.29) is 6.61 Å². The summed E-state index contributed by atoms with van der Waals surface area (Å²) in [6, 6.07) is 0. The first-order chi connectivity index (χ1) is 14.1. The predicted octanol–water partition coefficient (Wildman–Crippen LogP) is 5.25. The number of ether oxygens (including phenoxy) is 1. The summed E-state index contributed by atoms with van der Waals surface area (Å²) in [6.45, 7) is 1.66. The van der Waals surface area contributed by atoms with Crippen molar-refractivity contribution in [3.8, 4) is 11.8 Å². The largest absolute Gasteiger partial charge is 0.446 e. The minimum Gasteiger partial charge on any atom is -0.446 e. The molecule has 0 N–H and O–H groups in total. The second kappa shape index (κ2) is 9.56. The van der Waals surface area contributed by atoms with Crippen LogP contribution in [0.25, 0.3) is 0 Å². The number of halogens is 10. The minimum absolute atomic E-state index is 0.0825. The van der Waals surface area contributed by atoms with Crippen LogP contribution in [-0.4, -0.2) is 6.61 Å². The maximum absolute atomic E-state index is 14.2. The second-order valence-corrected chi connectivity index (χ2v) is 7.38. The molecule has 0 saturated carbocycles. The van der Waals surface area contributed by atoms with Gasteiger partial charge in [-0.1, -0.05) is 13.3 Å². The number of hydrogen-bond acceptors (Lipinski definition) is 1. The molecule has 12 heteroatoms. The number of benzene rings is 2. The van der Waals surface area contributed by atoms with Gasteiger partial charge in [0, 0.05) is 0 Å². The van der Waals surface area contributed by atoms with Crippen LogP contribution in [0.5, 0.6) is 0 Å². The minimum atomic E-state index is -3.62. The molecule has 0 amide bonds. The maximum Gasteiger partial charge on any atom is 0.200 e. The Balaban J connectivity index is 2.84. The molecule has 0 aliphatic heterocycles. The van der Waals surface area contributed by atoms with Gasteiger partial charge in [0.25, 0.3) is 0 Å². The fourth-order valence-electron chi connectivity index (χ4n) is 2.15. The van der Waals surface area contributed by atoms with E-state index in [9.17, 15) is 43.9 Å². The summed E-state index contributed by atoms with van der Waals surface area (Å²) in [5.41, 5.74) is 1.74. The zero-order valence-electron chi connectivity index (χ0n) is 14.8. The highest BCUT2D eigenvalue weighted by molar-refractivity contribution is 7.77. The first kappa shape index (κ1) is 23.8. The van der Waals surface area contributed by atoms with Crippen LogP contribution in [0.15, 0.2) is 0 Å². The fraction of sp³-hybridized carbons (Fsp3) is 0.222. The molecular formula is C18H9F10OP. The molecule has 0 aliphatic rings. The molecule has 2 rings (SSSR count). The van der Waals surface area contributed by atoms with E-state index in [1.807, 2.05) is 0 Å². The molecule has 0 aliphatic carbocycles. The van der Waals surface area contributed by atoms with Crippen molar-refractivity contribution in [2.24, 2.45) is 0 Å². The van der Waals surface area contributed by atoms with Crippen molar-refractivity contribution >= 4 is 18.5 Å². The summed E-state index contributed by atoms with van der Waals surface area (Å²) in [5.74, 6) is -25.2. The Bertz CT molecular complexity index is 916. The average Bonchev–Trinajstić information content (AvgIpc) is 2.73. The van der Waals surface area contributed by atoms with E-state index in [0.29, 0.717) is 12.8 Å². The first-order valence-electron chi connectivity index (χ1n) is 8.01. The summed E-state index contributed by atoms with van der Waals surface area (Å²) in [5, 5.41) is -3.67. The Kier molecular flexibility index (Phi) is 7.59. The lowest BCUT2D eigenvalue weighted by Crippen LogP contribution is -2.28. The molecule has 30 heavy (non-hydrogen) atoms. The van der Waals surface area contributed by atoms with E-state index < -0.39 is 76.7 Å². The summed E-state index contributed by atoms with van der Waals surface area (Å²) < 4.78 is 142. The van der Waals surface area contributed by atoms with Crippen molar-refractivity contribution in [1.29, 1.82) is 0 Å². The fourth-order valence-corrected chi connectivity index (χ4v) is 3.93. The van der Waals surface area contributed by atoms with Gasteiger partial charge in [-0.05, 0) is 12.1 Å². The first-order valence-corrected chi connectivity index (χ1v) is 9.35. The van der Waals surface area contributed by atoms with Crippen molar-refractivity contribution < 1.29 is 48.6 Å². The van der Waals surface area contributed by atoms with Crippen LogP contribution in [0.3, 0.4) is 0 Å². The third kappa shape index (κ3) is 4.19. The molecule has 0 saturated heterocycles. The highest BCUT2D eigenvalue weighted by Crippen LogP contribution is 2.39. The Morgan fingerprint density at radius 3 is 1.27 bits per heavy atom. The van der Waals surface area contributed by atoms with Gasteiger partial charge >= 0.3 is 0 Å². The molecule has 2 aromatic carbocycles. The molecule has 2 aromatic rings. The monoisotopic (exact) mass is 462 g/mol. The summed E-state index contributed by atoms with van der Waals surface area (Å²) in [7, 11) is -3.62. The van der Waals surface area contributed by atoms with Gasteiger partial charge in [-0.15, -0.1) is 0 Å². The van der Waals surface area contributed by atoms with E-state index >= 15 is 0 Å². The van der Waals surface area contributed by atoms with E-state index in [0.717, 1.165) is 0 Å². The summed E-state index contributed by atoms with van der Waals surface area (Å²) >= 11 is 0. The molecule has 0 unspecified atom stereocenters. The lowest BCUT2D eigenvalue weighted by molar-refractivity contribution is 0.271. The highest BCUT2D eigenvalue weighted by Gasteiger charge is 2.37. The van der Waals surface area contributed by atoms with Crippen LogP contribution in [0, 0.1) is 69.9 Å². The van der Waals surface area contributed by atoms with Crippen LogP contribution >= 0.6 is 7.92 Å². The van der Waals surface area contributed by atoms with Gasteiger partial charge in [-0.25, -0.2) is 43.9 Å². The standard InChI is InChI=1S/C18H9F10OP/c1-2-3-4-29-5-6-30(17-13(25)9(21)7(19)10(22)14(17)26)18-15(27)11(23)8(20)12(24)16(18)28/h2-4H2,1H3. The van der Waals surface area contributed by atoms with Gasteiger partial charge in [-0.2, -0.15) is 0 Å². The van der Waals surface area contributed by atoms with Gasteiger partial charge in [0.05, 0.1) is 18.5 Å². The van der Waals surface area contributed by atoms with Crippen molar-refractivity contribution in [3.05, 3.63) is 58.2 Å². The molecule has 1 nitrogen and oxygen atoms in total. The van der Waals surface area contributed by atoms with Gasteiger partial charge in [-0.3, -0.25) is 0 Å². The summed E-state index contributed by atoms with van der Waals surface area (Å²) in [4.78, 5) is 0.